The maximum Gasteiger partial charge on any atom is 0.0743 e. The highest BCUT2D eigenvalue weighted by molar-refractivity contribution is 6.04. The first-order valence-electron chi connectivity index (χ1n) is 6.57. The Hall–Kier alpha value is -2.16. The Morgan fingerprint density at radius 1 is 1.16 bits per heavy atom. The van der Waals surface area contributed by atoms with Crippen LogP contribution in [0.5, 0.6) is 0 Å². The Balaban J connectivity index is 1.91. The topological polar surface area (TPSA) is 28.5 Å². The number of anilines is 1. The Kier molecular flexibility index (Phi) is 3.03. The molecule has 0 saturated carbocycles. The number of hydrogen-bond acceptors (Lipinski definition) is 3. The zero-order chi connectivity index (χ0) is 13.2. The molecule has 0 fully saturated rings. The second-order valence-corrected chi connectivity index (χ2v) is 5.05. The van der Waals surface area contributed by atoms with Gasteiger partial charge in [-0.25, -0.2) is 0 Å². The first kappa shape index (κ1) is 11.9. The van der Waals surface area contributed by atoms with Crippen molar-refractivity contribution in [1.82, 2.24) is 4.98 Å². The van der Waals surface area contributed by atoms with Crippen molar-refractivity contribution in [3.63, 3.8) is 0 Å². The standard InChI is InChI=1S/C16H17N3/c1-12-5-7-15(8-6-12)19-11-13(2)16(18-19)14-4-3-9-17-10-14/h3-10,13H,11H2,1-2H3. The molecule has 1 aliphatic heterocycles. The highest BCUT2D eigenvalue weighted by atomic mass is 15.5. The molecule has 1 atom stereocenters. The average Bonchev–Trinajstić information content (AvgIpc) is 2.83. The van der Waals surface area contributed by atoms with Gasteiger partial charge in [0.2, 0.25) is 0 Å². The summed E-state index contributed by atoms with van der Waals surface area (Å²) in [4.78, 5) is 4.17. The van der Waals surface area contributed by atoms with E-state index in [2.05, 4.69) is 54.2 Å². The molecule has 2 heterocycles. The summed E-state index contributed by atoms with van der Waals surface area (Å²) in [5.74, 6) is 0.422. The summed E-state index contributed by atoms with van der Waals surface area (Å²) in [5.41, 5.74) is 4.65. The van der Waals surface area contributed by atoms with Crippen LogP contribution in [0.1, 0.15) is 18.1 Å². The predicted molar refractivity (Wildman–Crippen MR) is 78.5 cm³/mol. The number of hydrazone groups is 1. The van der Waals surface area contributed by atoms with Gasteiger partial charge < -0.3 is 0 Å². The Bertz CT molecular complexity index is 587. The van der Waals surface area contributed by atoms with Crippen LogP contribution in [0.25, 0.3) is 0 Å². The second kappa shape index (κ2) is 4.84. The molecule has 1 aromatic heterocycles. The Labute approximate surface area is 113 Å². The molecule has 2 aromatic rings. The van der Waals surface area contributed by atoms with E-state index in [9.17, 15) is 0 Å². The molecule has 3 nitrogen and oxygen atoms in total. The van der Waals surface area contributed by atoms with Crippen molar-refractivity contribution in [3.05, 3.63) is 59.9 Å². The normalized spacial score (nSPS) is 18.5. The van der Waals surface area contributed by atoms with Gasteiger partial charge in [0.05, 0.1) is 11.4 Å². The van der Waals surface area contributed by atoms with Gasteiger partial charge in [0, 0.05) is 30.4 Å². The summed E-state index contributed by atoms with van der Waals surface area (Å²) in [6.45, 7) is 5.23. The minimum Gasteiger partial charge on any atom is -0.265 e. The molecular formula is C16H17N3. The van der Waals surface area contributed by atoms with Crippen LogP contribution in [0.15, 0.2) is 53.9 Å². The lowest BCUT2D eigenvalue weighted by Crippen LogP contribution is -2.17. The fraction of sp³-hybridized carbons (Fsp3) is 0.250. The molecule has 96 valence electrons. The van der Waals surface area contributed by atoms with E-state index in [4.69, 9.17) is 5.10 Å². The Morgan fingerprint density at radius 2 is 1.95 bits per heavy atom. The fourth-order valence-corrected chi connectivity index (χ4v) is 2.35. The van der Waals surface area contributed by atoms with Crippen LogP contribution in [-0.2, 0) is 0 Å². The minimum atomic E-state index is 0.422. The Morgan fingerprint density at radius 3 is 2.63 bits per heavy atom. The number of hydrogen-bond donors (Lipinski definition) is 0. The summed E-state index contributed by atoms with van der Waals surface area (Å²) in [6, 6.07) is 12.5. The second-order valence-electron chi connectivity index (χ2n) is 5.05. The van der Waals surface area contributed by atoms with Crippen molar-refractivity contribution in [2.45, 2.75) is 13.8 Å². The van der Waals surface area contributed by atoms with E-state index in [-0.39, 0.29) is 0 Å². The SMILES string of the molecule is Cc1ccc(N2CC(C)C(c3cccnc3)=N2)cc1. The van der Waals surface area contributed by atoms with Crippen molar-refractivity contribution in [1.29, 1.82) is 0 Å². The maximum atomic E-state index is 4.75. The van der Waals surface area contributed by atoms with E-state index in [1.54, 1.807) is 6.20 Å². The number of nitrogens with zero attached hydrogens (tertiary/aromatic N) is 3. The molecule has 3 rings (SSSR count). The molecule has 1 aromatic carbocycles. The van der Waals surface area contributed by atoms with Crippen molar-refractivity contribution in [2.24, 2.45) is 11.0 Å². The van der Waals surface area contributed by atoms with Gasteiger partial charge in [-0.3, -0.25) is 9.99 Å². The molecule has 1 unspecified atom stereocenters. The van der Waals surface area contributed by atoms with Crippen LogP contribution < -0.4 is 5.01 Å². The quantitative estimate of drug-likeness (QED) is 0.819. The highest BCUT2D eigenvalue weighted by Crippen LogP contribution is 2.25. The third-order valence-electron chi connectivity index (χ3n) is 3.43. The molecule has 0 N–H and O–H groups in total. The zero-order valence-corrected chi connectivity index (χ0v) is 11.2. The average molecular weight is 251 g/mol. The molecule has 0 aliphatic carbocycles. The van der Waals surface area contributed by atoms with Gasteiger partial charge >= 0.3 is 0 Å². The summed E-state index contributed by atoms with van der Waals surface area (Å²) < 4.78 is 0. The highest BCUT2D eigenvalue weighted by Gasteiger charge is 2.24. The van der Waals surface area contributed by atoms with Crippen LogP contribution >= 0.6 is 0 Å². The maximum absolute atomic E-state index is 4.75. The molecule has 0 spiro atoms. The monoisotopic (exact) mass is 251 g/mol. The largest absolute Gasteiger partial charge is 0.265 e. The lowest BCUT2D eigenvalue weighted by molar-refractivity contribution is 0.775. The van der Waals surface area contributed by atoms with Gasteiger partial charge in [0.1, 0.15) is 0 Å². The van der Waals surface area contributed by atoms with Crippen molar-refractivity contribution in [3.8, 4) is 0 Å². The van der Waals surface area contributed by atoms with Gasteiger partial charge in [0.25, 0.3) is 0 Å². The van der Waals surface area contributed by atoms with Crippen LogP contribution in [0, 0.1) is 12.8 Å². The van der Waals surface area contributed by atoms with Crippen LogP contribution in [0.4, 0.5) is 5.69 Å². The third-order valence-corrected chi connectivity index (χ3v) is 3.43. The lowest BCUT2D eigenvalue weighted by atomic mass is 10.0. The van der Waals surface area contributed by atoms with Crippen molar-refractivity contribution in [2.75, 3.05) is 11.6 Å². The molecule has 0 saturated heterocycles. The summed E-state index contributed by atoms with van der Waals surface area (Å²) >= 11 is 0. The summed E-state index contributed by atoms with van der Waals surface area (Å²) in [5, 5.41) is 6.83. The number of rotatable bonds is 2. The smallest absolute Gasteiger partial charge is 0.0743 e. The van der Waals surface area contributed by atoms with Crippen molar-refractivity contribution < 1.29 is 0 Å². The summed E-state index contributed by atoms with van der Waals surface area (Å²) in [7, 11) is 0. The van der Waals surface area contributed by atoms with E-state index >= 15 is 0 Å². The van der Waals surface area contributed by atoms with Gasteiger partial charge in [-0.1, -0.05) is 24.6 Å². The lowest BCUT2D eigenvalue weighted by Gasteiger charge is -2.14. The number of benzene rings is 1. The number of pyridine rings is 1. The molecular weight excluding hydrogens is 234 g/mol. The molecule has 3 heteroatoms. The van der Waals surface area contributed by atoms with Gasteiger partial charge in [0.15, 0.2) is 0 Å². The predicted octanol–water partition coefficient (Wildman–Crippen LogP) is 3.25. The molecule has 19 heavy (non-hydrogen) atoms. The fourth-order valence-electron chi connectivity index (χ4n) is 2.35. The van der Waals surface area contributed by atoms with Crippen LogP contribution in [0.3, 0.4) is 0 Å². The molecule has 1 aliphatic rings. The van der Waals surface area contributed by atoms with E-state index in [1.165, 1.54) is 5.56 Å². The first-order chi connectivity index (χ1) is 9.24. The van der Waals surface area contributed by atoms with Crippen molar-refractivity contribution >= 4 is 11.4 Å². The first-order valence-corrected chi connectivity index (χ1v) is 6.57. The van der Waals surface area contributed by atoms with E-state index in [1.807, 2.05) is 12.3 Å². The van der Waals surface area contributed by atoms with Gasteiger partial charge in [-0.2, -0.15) is 5.10 Å². The van der Waals surface area contributed by atoms with Crippen LogP contribution in [-0.4, -0.2) is 17.2 Å². The number of aryl methyl sites for hydroxylation is 1. The van der Waals surface area contributed by atoms with Gasteiger partial charge in [-0.15, -0.1) is 0 Å². The van der Waals surface area contributed by atoms with E-state index in [0.717, 1.165) is 23.5 Å². The van der Waals surface area contributed by atoms with E-state index < -0.39 is 0 Å². The van der Waals surface area contributed by atoms with Crippen LogP contribution in [0.2, 0.25) is 0 Å². The number of aromatic nitrogens is 1. The van der Waals surface area contributed by atoms with Gasteiger partial charge in [-0.05, 0) is 31.2 Å². The molecule has 0 radical (unpaired) electrons. The minimum absolute atomic E-state index is 0.422. The molecule has 0 bridgehead atoms. The summed E-state index contributed by atoms with van der Waals surface area (Å²) in [6.07, 6.45) is 3.68. The zero-order valence-electron chi connectivity index (χ0n) is 11.2. The molecule has 0 amide bonds. The van der Waals surface area contributed by atoms with E-state index in [0.29, 0.717) is 5.92 Å². The third kappa shape index (κ3) is 2.36.